The first-order valence-electron chi connectivity index (χ1n) is 7.21. The minimum absolute atomic E-state index is 0.128. The van der Waals surface area contributed by atoms with Crippen LogP contribution in [0.15, 0.2) is 47.4 Å². The highest BCUT2D eigenvalue weighted by atomic mass is 16.6. The third-order valence-electron chi connectivity index (χ3n) is 3.28. The van der Waals surface area contributed by atoms with Gasteiger partial charge in [0.1, 0.15) is 5.76 Å². The molecule has 0 spiro atoms. The van der Waals surface area contributed by atoms with E-state index in [1.54, 1.807) is 6.08 Å². The Bertz CT molecular complexity index is 421. The van der Waals surface area contributed by atoms with Crippen LogP contribution in [0.5, 0.6) is 0 Å². The van der Waals surface area contributed by atoms with Crippen molar-refractivity contribution in [2.24, 2.45) is 23.0 Å². The fourth-order valence-corrected chi connectivity index (χ4v) is 1.37. The zero-order valence-corrected chi connectivity index (χ0v) is 15.1. The molecule has 0 aliphatic carbocycles. The van der Waals surface area contributed by atoms with Crippen molar-refractivity contribution >= 4 is 0 Å². The molecule has 0 saturated carbocycles. The van der Waals surface area contributed by atoms with Crippen LogP contribution in [-0.4, -0.2) is 0 Å². The summed E-state index contributed by atoms with van der Waals surface area (Å²) >= 11 is 0. The molecule has 3 heteroatoms. The summed E-state index contributed by atoms with van der Waals surface area (Å²) in [5.41, 5.74) is 9.67. The molecule has 0 heterocycles. The second-order valence-electron chi connectivity index (χ2n) is 6.69. The lowest BCUT2D eigenvalue weighted by Crippen LogP contribution is -2.16. The highest BCUT2D eigenvalue weighted by Gasteiger charge is 2.18. The second kappa shape index (κ2) is 9.46. The van der Waals surface area contributed by atoms with E-state index in [0.29, 0.717) is 17.4 Å². The number of hydrogen-bond donors (Lipinski definition) is 2. The predicted octanol–water partition coefficient (Wildman–Crippen LogP) is 4.83. The van der Waals surface area contributed by atoms with Gasteiger partial charge < -0.3 is 10.6 Å². The van der Waals surface area contributed by atoms with Crippen molar-refractivity contribution in [3.63, 3.8) is 0 Å². The molecule has 0 aromatic heterocycles. The second-order valence-corrected chi connectivity index (χ2v) is 6.69. The summed E-state index contributed by atoms with van der Waals surface area (Å²) in [7, 11) is 0. The molecule has 4 N–H and O–H groups in total. The summed E-state index contributed by atoms with van der Waals surface area (Å²) in [6.07, 6.45) is 1.62. The average molecular weight is 294 g/mol. The van der Waals surface area contributed by atoms with Crippen LogP contribution >= 0.6 is 0 Å². The van der Waals surface area contributed by atoms with Crippen LogP contribution in [0.2, 0.25) is 0 Å². The normalized spacial score (nSPS) is 13.1. The molecular weight excluding hydrogens is 260 g/mol. The van der Waals surface area contributed by atoms with Crippen LogP contribution < -0.4 is 11.6 Å². The lowest BCUT2D eigenvalue weighted by molar-refractivity contribution is 0.155. The number of rotatable bonds is 4. The van der Waals surface area contributed by atoms with Crippen molar-refractivity contribution in [2.75, 3.05) is 0 Å². The Balaban J connectivity index is 0. The SMILES string of the molecule is C=C(C)/C(C)=C(/C)C(C)C.C=C(N)/C=C(\ON)C(C)(C)C. The Kier molecular flexibility index (Phi) is 9.82. The van der Waals surface area contributed by atoms with Crippen LogP contribution in [0.1, 0.15) is 55.4 Å². The maximum atomic E-state index is 5.36. The van der Waals surface area contributed by atoms with Crippen LogP contribution in [-0.2, 0) is 4.84 Å². The standard InChI is InChI=1S/C10H18.C8H16N2O/c1-7(2)9(5)10(6)8(3)4;1-6(9)5-7(11-10)8(2,3)4/h8H,1H2,2-6H3;5H,1,9-10H2,2-4H3/b10-9-;7-5-. The summed E-state index contributed by atoms with van der Waals surface area (Å²) in [5, 5.41) is 0. The minimum atomic E-state index is -0.128. The molecule has 0 fully saturated rings. The lowest BCUT2D eigenvalue weighted by Gasteiger charge is -2.20. The molecule has 122 valence electrons. The first-order valence-corrected chi connectivity index (χ1v) is 7.21. The molecule has 0 radical (unpaired) electrons. The van der Waals surface area contributed by atoms with Gasteiger partial charge in [0, 0.05) is 17.2 Å². The molecule has 0 bridgehead atoms. The van der Waals surface area contributed by atoms with Gasteiger partial charge in [0.25, 0.3) is 0 Å². The van der Waals surface area contributed by atoms with Gasteiger partial charge in [-0.15, -0.1) is 0 Å². The van der Waals surface area contributed by atoms with Gasteiger partial charge in [0.05, 0.1) is 0 Å². The smallest absolute Gasteiger partial charge is 0.131 e. The molecule has 0 aliphatic rings. The quantitative estimate of drug-likeness (QED) is 0.443. The first kappa shape index (κ1) is 21.8. The van der Waals surface area contributed by atoms with E-state index in [9.17, 15) is 0 Å². The van der Waals surface area contributed by atoms with E-state index >= 15 is 0 Å². The molecule has 0 aromatic carbocycles. The Hall–Kier alpha value is -1.48. The Morgan fingerprint density at radius 1 is 1.10 bits per heavy atom. The van der Waals surface area contributed by atoms with Crippen molar-refractivity contribution < 1.29 is 4.84 Å². The maximum Gasteiger partial charge on any atom is 0.131 e. The third-order valence-corrected chi connectivity index (χ3v) is 3.28. The zero-order chi connectivity index (χ0) is 17.4. The Morgan fingerprint density at radius 2 is 1.52 bits per heavy atom. The fourth-order valence-electron chi connectivity index (χ4n) is 1.37. The predicted molar refractivity (Wildman–Crippen MR) is 94.2 cm³/mol. The minimum Gasteiger partial charge on any atom is -0.415 e. The number of hydrogen-bond acceptors (Lipinski definition) is 3. The Morgan fingerprint density at radius 3 is 1.62 bits per heavy atom. The lowest BCUT2D eigenvalue weighted by atomic mass is 9.93. The van der Waals surface area contributed by atoms with Crippen LogP contribution in [0.4, 0.5) is 0 Å². The van der Waals surface area contributed by atoms with E-state index in [2.05, 4.69) is 52.6 Å². The van der Waals surface area contributed by atoms with E-state index in [-0.39, 0.29) is 5.41 Å². The van der Waals surface area contributed by atoms with Gasteiger partial charge in [0.15, 0.2) is 0 Å². The van der Waals surface area contributed by atoms with Gasteiger partial charge in [-0.3, -0.25) is 0 Å². The van der Waals surface area contributed by atoms with Crippen molar-refractivity contribution in [1.82, 2.24) is 0 Å². The molecule has 0 aliphatic heterocycles. The molecule has 0 aromatic rings. The van der Waals surface area contributed by atoms with E-state index in [0.717, 1.165) is 0 Å². The fraction of sp³-hybridized carbons (Fsp3) is 0.556. The molecule has 0 rings (SSSR count). The molecule has 0 unspecified atom stereocenters. The summed E-state index contributed by atoms with van der Waals surface area (Å²) in [6.45, 7) is 24.2. The van der Waals surface area contributed by atoms with E-state index in [1.165, 1.54) is 16.7 Å². The van der Waals surface area contributed by atoms with Crippen LogP contribution in [0.25, 0.3) is 0 Å². The molecule has 0 amide bonds. The van der Waals surface area contributed by atoms with Gasteiger partial charge in [-0.2, -0.15) is 5.90 Å². The highest BCUT2D eigenvalue weighted by Crippen LogP contribution is 2.25. The number of allylic oxidation sites excluding steroid dienone is 5. The van der Waals surface area contributed by atoms with Crippen molar-refractivity contribution in [3.05, 3.63) is 47.4 Å². The summed E-state index contributed by atoms with van der Waals surface area (Å²) < 4.78 is 0. The van der Waals surface area contributed by atoms with Gasteiger partial charge in [-0.25, -0.2) is 0 Å². The molecule has 21 heavy (non-hydrogen) atoms. The van der Waals surface area contributed by atoms with Crippen molar-refractivity contribution in [1.29, 1.82) is 0 Å². The molecule has 3 nitrogen and oxygen atoms in total. The molecule has 0 atom stereocenters. The van der Waals surface area contributed by atoms with Gasteiger partial charge in [0.2, 0.25) is 0 Å². The summed E-state index contributed by atoms with van der Waals surface area (Å²) in [6, 6.07) is 0. The van der Waals surface area contributed by atoms with Gasteiger partial charge >= 0.3 is 0 Å². The summed E-state index contributed by atoms with van der Waals surface area (Å²) in [4.78, 5) is 4.65. The monoisotopic (exact) mass is 294 g/mol. The van der Waals surface area contributed by atoms with Gasteiger partial charge in [-0.05, 0) is 32.3 Å². The maximum absolute atomic E-state index is 5.36. The zero-order valence-electron chi connectivity index (χ0n) is 15.1. The van der Waals surface area contributed by atoms with E-state index < -0.39 is 0 Å². The largest absolute Gasteiger partial charge is 0.415 e. The number of nitrogens with two attached hydrogens (primary N) is 2. The third kappa shape index (κ3) is 9.97. The van der Waals surface area contributed by atoms with Crippen molar-refractivity contribution in [2.45, 2.75) is 55.4 Å². The first-order chi connectivity index (χ1) is 9.34. The van der Waals surface area contributed by atoms with Crippen LogP contribution in [0.3, 0.4) is 0 Å². The van der Waals surface area contributed by atoms with Crippen molar-refractivity contribution in [3.8, 4) is 0 Å². The average Bonchev–Trinajstić information content (AvgIpc) is 2.32. The van der Waals surface area contributed by atoms with E-state index in [4.69, 9.17) is 11.6 Å². The topological polar surface area (TPSA) is 61.3 Å². The summed E-state index contributed by atoms with van der Waals surface area (Å²) in [5.74, 6) is 6.32. The Labute approximate surface area is 131 Å². The van der Waals surface area contributed by atoms with E-state index in [1.807, 2.05) is 20.8 Å². The molecular formula is C18H34N2O. The highest BCUT2D eigenvalue weighted by molar-refractivity contribution is 5.29. The molecule has 0 saturated heterocycles. The van der Waals surface area contributed by atoms with Crippen LogP contribution in [0, 0.1) is 11.3 Å². The van der Waals surface area contributed by atoms with Gasteiger partial charge in [-0.1, -0.05) is 58.9 Å².